The lowest BCUT2D eigenvalue weighted by Gasteiger charge is -2.15. The van der Waals surface area contributed by atoms with Gasteiger partial charge in [-0.2, -0.15) is 0 Å². The van der Waals surface area contributed by atoms with Crippen molar-refractivity contribution in [3.63, 3.8) is 0 Å². The normalized spacial score (nSPS) is 15.1. The number of hydrogen-bond acceptors (Lipinski definition) is 4. The predicted octanol–water partition coefficient (Wildman–Crippen LogP) is 3.08. The molecule has 0 aliphatic heterocycles. The van der Waals surface area contributed by atoms with Crippen LogP contribution in [0.2, 0.25) is 0 Å². The lowest BCUT2D eigenvalue weighted by molar-refractivity contribution is -0.129. The summed E-state index contributed by atoms with van der Waals surface area (Å²) in [7, 11) is 0. The Morgan fingerprint density at radius 2 is 2.07 bits per heavy atom. The Balaban J connectivity index is 1.56. The summed E-state index contributed by atoms with van der Waals surface area (Å²) in [5.41, 5.74) is 1.69. The van der Waals surface area contributed by atoms with Crippen molar-refractivity contribution < 1.29 is 14.3 Å². The fourth-order valence-electron chi connectivity index (χ4n) is 3.21. The number of fused-ring (bicyclic) bond motifs is 1. The van der Waals surface area contributed by atoms with Crippen molar-refractivity contribution in [3.05, 3.63) is 57.9 Å². The molecule has 1 amide bonds. The number of allylic oxidation sites excluding steroid dienone is 1. The number of pyridine rings is 1. The minimum Gasteiger partial charge on any atom is -0.448 e. The van der Waals surface area contributed by atoms with E-state index in [2.05, 4.69) is 16.4 Å². The van der Waals surface area contributed by atoms with Crippen LogP contribution in [0.15, 0.2) is 46.8 Å². The van der Waals surface area contributed by atoms with E-state index >= 15 is 0 Å². The molecule has 0 spiro atoms. The summed E-state index contributed by atoms with van der Waals surface area (Å²) in [6, 6.07) is 8.12. The van der Waals surface area contributed by atoms with Crippen molar-refractivity contribution in [1.29, 1.82) is 0 Å². The predicted molar refractivity (Wildman–Crippen MR) is 104 cm³/mol. The number of esters is 1. The molecule has 1 aliphatic rings. The molecular formula is C21H24N2O4. The third kappa shape index (κ3) is 4.84. The van der Waals surface area contributed by atoms with Crippen LogP contribution in [0.3, 0.4) is 0 Å². The van der Waals surface area contributed by atoms with Gasteiger partial charge in [-0.1, -0.05) is 23.8 Å². The lowest BCUT2D eigenvalue weighted by atomic mass is 9.97. The van der Waals surface area contributed by atoms with Crippen LogP contribution >= 0.6 is 0 Å². The van der Waals surface area contributed by atoms with Crippen LogP contribution in [0.1, 0.15) is 49.5 Å². The minimum absolute atomic E-state index is 0.0331. The van der Waals surface area contributed by atoms with E-state index in [1.807, 2.05) is 0 Å². The van der Waals surface area contributed by atoms with Crippen molar-refractivity contribution in [2.45, 2.75) is 45.1 Å². The standard InChI is InChI=1S/C21H24N2O4/c1-14(20(25)22-12-11-15-7-3-2-4-8-15)27-21(26)18-13-19(24)16-9-5-6-10-17(16)23-18/h5-7,9-10,13-14H,2-4,8,11-12H2,1H3,(H,22,25)(H,23,24)/t14-/m0/s1. The van der Waals surface area contributed by atoms with Gasteiger partial charge in [0.25, 0.3) is 5.91 Å². The summed E-state index contributed by atoms with van der Waals surface area (Å²) in [6.45, 7) is 2.05. The van der Waals surface area contributed by atoms with Crippen molar-refractivity contribution in [2.24, 2.45) is 0 Å². The van der Waals surface area contributed by atoms with Crippen molar-refractivity contribution in [2.75, 3.05) is 6.54 Å². The van der Waals surface area contributed by atoms with Crippen LogP contribution in [0, 0.1) is 0 Å². The van der Waals surface area contributed by atoms with Crippen LogP contribution in [-0.2, 0) is 9.53 Å². The number of benzene rings is 1. The number of aromatic amines is 1. The molecule has 1 atom stereocenters. The number of H-pyrrole nitrogens is 1. The monoisotopic (exact) mass is 368 g/mol. The van der Waals surface area contributed by atoms with Gasteiger partial charge < -0.3 is 15.0 Å². The number of carbonyl (C=O) groups is 2. The molecule has 6 nitrogen and oxygen atoms in total. The molecule has 27 heavy (non-hydrogen) atoms. The molecule has 3 rings (SSSR count). The number of ether oxygens (including phenoxy) is 1. The summed E-state index contributed by atoms with van der Waals surface area (Å²) < 4.78 is 5.21. The Hall–Kier alpha value is -2.89. The fourth-order valence-corrected chi connectivity index (χ4v) is 3.21. The quantitative estimate of drug-likeness (QED) is 0.606. The average molecular weight is 368 g/mol. The van der Waals surface area contributed by atoms with E-state index in [1.54, 1.807) is 24.3 Å². The zero-order chi connectivity index (χ0) is 19.2. The maximum Gasteiger partial charge on any atom is 0.355 e. The van der Waals surface area contributed by atoms with Gasteiger partial charge in [0, 0.05) is 23.5 Å². The van der Waals surface area contributed by atoms with Crippen molar-refractivity contribution >= 4 is 22.8 Å². The molecule has 1 aliphatic carbocycles. The number of aromatic nitrogens is 1. The first kappa shape index (κ1) is 18.9. The SMILES string of the molecule is C[C@H](OC(=O)c1cc(=O)c2ccccc2[nH]1)C(=O)NCCC1=CCCCC1. The van der Waals surface area contributed by atoms with E-state index in [1.165, 1.54) is 31.4 Å². The highest BCUT2D eigenvalue weighted by molar-refractivity contribution is 5.93. The second-order valence-corrected chi connectivity index (χ2v) is 6.79. The van der Waals surface area contributed by atoms with Gasteiger partial charge in [0.1, 0.15) is 5.69 Å². The minimum atomic E-state index is -0.937. The van der Waals surface area contributed by atoms with E-state index in [4.69, 9.17) is 4.74 Å². The molecule has 0 fully saturated rings. The molecule has 0 saturated carbocycles. The molecule has 0 unspecified atom stereocenters. The second kappa shape index (κ2) is 8.66. The lowest BCUT2D eigenvalue weighted by Crippen LogP contribution is -2.36. The molecule has 0 radical (unpaired) electrons. The molecule has 0 saturated heterocycles. The molecule has 2 aromatic rings. The molecule has 6 heteroatoms. The highest BCUT2D eigenvalue weighted by Gasteiger charge is 2.20. The molecule has 1 heterocycles. The van der Waals surface area contributed by atoms with Crippen LogP contribution in [-0.4, -0.2) is 29.5 Å². The van der Waals surface area contributed by atoms with E-state index in [9.17, 15) is 14.4 Å². The third-order valence-electron chi connectivity index (χ3n) is 4.74. The number of para-hydroxylation sites is 1. The molecule has 1 aromatic carbocycles. The number of carbonyl (C=O) groups excluding carboxylic acids is 2. The Labute approximate surface area is 157 Å². The summed E-state index contributed by atoms with van der Waals surface area (Å²) in [6.07, 6.45) is 6.78. The molecule has 0 bridgehead atoms. The topological polar surface area (TPSA) is 88.3 Å². The van der Waals surface area contributed by atoms with E-state index in [0.29, 0.717) is 17.4 Å². The summed E-state index contributed by atoms with van der Waals surface area (Å²) in [4.78, 5) is 39.4. The maximum atomic E-state index is 12.3. The molecular weight excluding hydrogens is 344 g/mol. The second-order valence-electron chi connectivity index (χ2n) is 6.79. The Bertz CT molecular complexity index is 929. The number of nitrogens with one attached hydrogen (secondary N) is 2. The van der Waals surface area contributed by atoms with Crippen LogP contribution in [0.5, 0.6) is 0 Å². The Morgan fingerprint density at radius 3 is 2.85 bits per heavy atom. The summed E-state index contributed by atoms with van der Waals surface area (Å²) >= 11 is 0. The summed E-state index contributed by atoms with van der Waals surface area (Å²) in [5.74, 6) is -1.07. The average Bonchev–Trinajstić information content (AvgIpc) is 2.68. The highest BCUT2D eigenvalue weighted by atomic mass is 16.5. The van der Waals surface area contributed by atoms with Gasteiger partial charge in [-0.05, 0) is 51.2 Å². The number of hydrogen-bond donors (Lipinski definition) is 2. The van der Waals surface area contributed by atoms with E-state index in [-0.39, 0.29) is 17.0 Å². The zero-order valence-electron chi connectivity index (χ0n) is 15.4. The van der Waals surface area contributed by atoms with Crippen LogP contribution in [0.4, 0.5) is 0 Å². The maximum absolute atomic E-state index is 12.3. The Morgan fingerprint density at radius 1 is 1.26 bits per heavy atom. The molecule has 1 aromatic heterocycles. The summed E-state index contributed by atoms with van der Waals surface area (Å²) in [5, 5.41) is 3.30. The van der Waals surface area contributed by atoms with E-state index in [0.717, 1.165) is 19.3 Å². The Kier molecular flexibility index (Phi) is 6.06. The zero-order valence-corrected chi connectivity index (χ0v) is 15.4. The van der Waals surface area contributed by atoms with Gasteiger partial charge >= 0.3 is 5.97 Å². The van der Waals surface area contributed by atoms with Gasteiger partial charge in [-0.3, -0.25) is 9.59 Å². The van der Waals surface area contributed by atoms with Gasteiger partial charge in [-0.25, -0.2) is 4.79 Å². The first-order valence-corrected chi connectivity index (χ1v) is 9.33. The van der Waals surface area contributed by atoms with Gasteiger partial charge in [0.2, 0.25) is 0 Å². The molecule has 2 N–H and O–H groups in total. The van der Waals surface area contributed by atoms with Gasteiger partial charge in [-0.15, -0.1) is 0 Å². The first-order valence-electron chi connectivity index (χ1n) is 9.33. The molecule has 142 valence electrons. The number of amides is 1. The van der Waals surface area contributed by atoms with Crippen LogP contribution in [0.25, 0.3) is 10.9 Å². The van der Waals surface area contributed by atoms with Gasteiger partial charge in [0.15, 0.2) is 11.5 Å². The highest BCUT2D eigenvalue weighted by Crippen LogP contribution is 2.19. The largest absolute Gasteiger partial charge is 0.448 e. The van der Waals surface area contributed by atoms with Crippen molar-refractivity contribution in [1.82, 2.24) is 10.3 Å². The third-order valence-corrected chi connectivity index (χ3v) is 4.74. The fraction of sp³-hybridized carbons (Fsp3) is 0.381. The van der Waals surface area contributed by atoms with Crippen LogP contribution < -0.4 is 10.7 Å². The number of rotatable bonds is 6. The van der Waals surface area contributed by atoms with Gasteiger partial charge in [0.05, 0.1) is 0 Å². The smallest absolute Gasteiger partial charge is 0.355 e. The first-order chi connectivity index (χ1) is 13.0. The van der Waals surface area contributed by atoms with E-state index < -0.39 is 12.1 Å². The van der Waals surface area contributed by atoms with Crippen molar-refractivity contribution in [3.8, 4) is 0 Å².